The van der Waals surface area contributed by atoms with Gasteiger partial charge in [-0.25, -0.2) is 15.0 Å². The van der Waals surface area contributed by atoms with Crippen LogP contribution in [-0.2, 0) is 9.53 Å². The van der Waals surface area contributed by atoms with Crippen LogP contribution in [-0.4, -0.2) is 34.6 Å². The molecule has 0 spiro atoms. The minimum absolute atomic E-state index is 0.0201. The molecule has 138 valence electrons. The van der Waals surface area contributed by atoms with Crippen molar-refractivity contribution in [1.82, 2.24) is 15.0 Å². The van der Waals surface area contributed by atoms with E-state index in [0.29, 0.717) is 29.0 Å². The number of anilines is 5. The molecule has 1 amide bonds. The van der Waals surface area contributed by atoms with E-state index in [9.17, 15) is 4.79 Å². The first-order valence-electron chi connectivity index (χ1n) is 8.32. The van der Waals surface area contributed by atoms with Crippen LogP contribution >= 0.6 is 0 Å². The number of aryl methyl sites for hydroxylation is 1. The Morgan fingerprint density at radius 1 is 0.963 bits per heavy atom. The van der Waals surface area contributed by atoms with Crippen LogP contribution in [0, 0.1) is 6.92 Å². The first-order chi connectivity index (χ1) is 13.1. The highest BCUT2D eigenvalue weighted by atomic mass is 16.5. The molecule has 0 saturated carbocycles. The van der Waals surface area contributed by atoms with Crippen molar-refractivity contribution >= 4 is 34.7 Å². The molecule has 0 aliphatic rings. The average Bonchev–Trinajstić information content (AvgIpc) is 2.64. The van der Waals surface area contributed by atoms with Gasteiger partial charge in [0.05, 0.1) is 0 Å². The van der Waals surface area contributed by atoms with Crippen molar-refractivity contribution in [2.45, 2.75) is 6.92 Å². The minimum Gasteiger partial charge on any atom is -0.375 e. The van der Waals surface area contributed by atoms with Crippen molar-refractivity contribution in [2.75, 3.05) is 29.7 Å². The first-order valence-corrected chi connectivity index (χ1v) is 8.32. The first kappa shape index (κ1) is 18.3. The van der Waals surface area contributed by atoms with Gasteiger partial charge in [0, 0.05) is 30.7 Å². The third kappa shape index (κ3) is 5.48. The molecule has 0 radical (unpaired) electrons. The molecule has 0 aliphatic heterocycles. The SMILES string of the molecule is COCC(=O)Nc1ccc(Nc2cc(Nc3ccccn3)nc(C)n2)cc1. The van der Waals surface area contributed by atoms with Crippen molar-refractivity contribution in [3.63, 3.8) is 0 Å². The molecule has 2 heterocycles. The Hall–Kier alpha value is -3.52. The van der Waals surface area contributed by atoms with E-state index in [1.165, 1.54) is 7.11 Å². The Labute approximate surface area is 157 Å². The number of carbonyl (C=O) groups excluding carboxylic acids is 1. The molecule has 27 heavy (non-hydrogen) atoms. The Kier molecular flexibility index (Phi) is 5.91. The largest absolute Gasteiger partial charge is 0.375 e. The molecular weight excluding hydrogens is 344 g/mol. The number of aromatic nitrogens is 3. The summed E-state index contributed by atoms with van der Waals surface area (Å²) in [5.41, 5.74) is 1.53. The van der Waals surface area contributed by atoms with E-state index < -0.39 is 0 Å². The number of hydrogen-bond donors (Lipinski definition) is 3. The second kappa shape index (κ2) is 8.72. The maximum Gasteiger partial charge on any atom is 0.250 e. The molecule has 2 aromatic heterocycles. The van der Waals surface area contributed by atoms with E-state index in [-0.39, 0.29) is 12.5 Å². The lowest BCUT2D eigenvalue weighted by Gasteiger charge is -2.11. The minimum atomic E-state index is -0.199. The highest BCUT2D eigenvalue weighted by Gasteiger charge is 2.05. The summed E-state index contributed by atoms with van der Waals surface area (Å²) in [6.45, 7) is 1.84. The summed E-state index contributed by atoms with van der Waals surface area (Å²) in [6, 6.07) is 14.7. The number of carbonyl (C=O) groups is 1. The molecule has 0 fully saturated rings. The molecular formula is C19H20N6O2. The van der Waals surface area contributed by atoms with Gasteiger partial charge in [0.2, 0.25) is 5.91 Å². The summed E-state index contributed by atoms with van der Waals surface area (Å²) in [5, 5.41) is 9.12. The van der Waals surface area contributed by atoms with Crippen molar-refractivity contribution in [2.24, 2.45) is 0 Å². The van der Waals surface area contributed by atoms with Gasteiger partial charge in [0.1, 0.15) is 29.9 Å². The monoisotopic (exact) mass is 364 g/mol. The zero-order valence-corrected chi connectivity index (χ0v) is 15.1. The highest BCUT2D eigenvalue weighted by molar-refractivity contribution is 5.91. The molecule has 3 rings (SSSR count). The smallest absolute Gasteiger partial charge is 0.250 e. The lowest BCUT2D eigenvalue weighted by molar-refractivity contribution is -0.119. The Morgan fingerprint density at radius 2 is 1.67 bits per heavy atom. The molecule has 8 heteroatoms. The van der Waals surface area contributed by atoms with Gasteiger partial charge in [-0.05, 0) is 43.3 Å². The normalized spacial score (nSPS) is 10.3. The van der Waals surface area contributed by atoms with E-state index in [1.807, 2.05) is 37.3 Å². The summed E-state index contributed by atoms with van der Waals surface area (Å²) in [6.07, 6.45) is 1.71. The van der Waals surface area contributed by atoms with Crippen molar-refractivity contribution in [3.05, 3.63) is 60.6 Å². The summed E-state index contributed by atoms with van der Waals surface area (Å²) in [4.78, 5) is 24.5. The number of amides is 1. The van der Waals surface area contributed by atoms with Crippen LogP contribution in [0.2, 0.25) is 0 Å². The van der Waals surface area contributed by atoms with E-state index in [1.54, 1.807) is 24.4 Å². The fourth-order valence-electron chi connectivity index (χ4n) is 2.38. The van der Waals surface area contributed by atoms with Crippen LogP contribution in [0.3, 0.4) is 0 Å². The molecule has 0 aliphatic carbocycles. The van der Waals surface area contributed by atoms with Crippen molar-refractivity contribution in [1.29, 1.82) is 0 Å². The zero-order valence-electron chi connectivity index (χ0n) is 15.1. The average molecular weight is 364 g/mol. The summed E-state index contributed by atoms with van der Waals surface area (Å²) in [7, 11) is 1.48. The molecule has 8 nitrogen and oxygen atoms in total. The van der Waals surface area contributed by atoms with Crippen LogP contribution in [0.5, 0.6) is 0 Å². The predicted molar refractivity (Wildman–Crippen MR) is 105 cm³/mol. The number of nitrogens with one attached hydrogen (secondary N) is 3. The van der Waals surface area contributed by atoms with Gasteiger partial charge in [-0.2, -0.15) is 0 Å². The molecule has 3 N–H and O–H groups in total. The van der Waals surface area contributed by atoms with Crippen LogP contribution in [0.25, 0.3) is 0 Å². The van der Waals surface area contributed by atoms with Crippen molar-refractivity contribution < 1.29 is 9.53 Å². The third-order valence-electron chi connectivity index (χ3n) is 3.48. The molecule has 3 aromatic rings. The van der Waals surface area contributed by atoms with Gasteiger partial charge < -0.3 is 20.7 Å². The highest BCUT2D eigenvalue weighted by Crippen LogP contribution is 2.21. The molecule has 0 saturated heterocycles. The Balaban J connectivity index is 1.69. The predicted octanol–water partition coefficient (Wildman–Crippen LogP) is 3.25. The lowest BCUT2D eigenvalue weighted by atomic mass is 10.2. The topological polar surface area (TPSA) is 101 Å². The molecule has 0 bridgehead atoms. The molecule has 1 aromatic carbocycles. The van der Waals surface area contributed by atoms with Gasteiger partial charge in [-0.3, -0.25) is 4.79 Å². The Bertz CT molecular complexity index is 900. The maximum absolute atomic E-state index is 11.5. The van der Waals surface area contributed by atoms with Gasteiger partial charge in [0.25, 0.3) is 0 Å². The number of nitrogens with zero attached hydrogens (tertiary/aromatic N) is 3. The standard InChI is InChI=1S/C19H20N6O2/c1-13-21-17(11-18(22-13)25-16-5-3-4-10-20-16)23-14-6-8-15(9-7-14)24-19(26)12-27-2/h3-11H,12H2,1-2H3,(H,24,26)(H2,20,21,22,23,25). The van der Waals surface area contributed by atoms with Crippen LogP contribution in [0.15, 0.2) is 54.7 Å². The van der Waals surface area contributed by atoms with Gasteiger partial charge in [-0.15, -0.1) is 0 Å². The third-order valence-corrected chi connectivity index (χ3v) is 3.48. The number of hydrogen-bond acceptors (Lipinski definition) is 7. The summed E-state index contributed by atoms with van der Waals surface area (Å²) >= 11 is 0. The summed E-state index contributed by atoms with van der Waals surface area (Å²) in [5.74, 6) is 2.43. The fourth-order valence-corrected chi connectivity index (χ4v) is 2.38. The van der Waals surface area contributed by atoms with Crippen LogP contribution in [0.4, 0.5) is 28.8 Å². The number of ether oxygens (including phenoxy) is 1. The number of rotatable bonds is 7. The quantitative estimate of drug-likeness (QED) is 0.591. The van der Waals surface area contributed by atoms with Crippen LogP contribution in [0.1, 0.15) is 5.82 Å². The van der Waals surface area contributed by atoms with Gasteiger partial charge in [-0.1, -0.05) is 6.07 Å². The second-order valence-electron chi connectivity index (χ2n) is 5.71. The number of benzene rings is 1. The fraction of sp³-hybridized carbons (Fsp3) is 0.158. The van der Waals surface area contributed by atoms with E-state index in [4.69, 9.17) is 4.74 Å². The summed E-state index contributed by atoms with van der Waals surface area (Å²) < 4.78 is 4.79. The number of pyridine rings is 1. The van der Waals surface area contributed by atoms with E-state index >= 15 is 0 Å². The molecule has 0 unspecified atom stereocenters. The van der Waals surface area contributed by atoms with E-state index in [0.717, 1.165) is 5.69 Å². The van der Waals surface area contributed by atoms with Gasteiger partial charge >= 0.3 is 0 Å². The molecule has 0 atom stereocenters. The van der Waals surface area contributed by atoms with Crippen LogP contribution < -0.4 is 16.0 Å². The van der Waals surface area contributed by atoms with E-state index in [2.05, 4.69) is 30.9 Å². The van der Waals surface area contributed by atoms with Gasteiger partial charge in [0.15, 0.2) is 0 Å². The number of methoxy groups -OCH3 is 1. The maximum atomic E-state index is 11.5. The van der Waals surface area contributed by atoms with Crippen molar-refractivity contribution in [3.8, 4) is 0 Å². The lowest BCUT2D eigenvalue weighted by Crippen LogP contribution is -2.16. The Morgan fingerprint density at radius 3 is 2.33 bits per heavy atom. The second-order valence-corrected chi connectivity index (χ2v) is 5.71. The zero-order chi connectivity index (χ0) is 19.1.